The number of nitrogens with zero attached hydrogens (tertiary/aromatic N) is 2. The molecule has 1 N–H and O–H groups in total. The maximum Gasteiger partial charge on any atom is 0.338 e. The summed E-state index contributed by atoms with van der Waals surface area (Å²) in [6, 6.07) is 13.6. The molecule has 0 bridgehead atoms. The minimum atomic E-state index is -0.921. The smallest absolute Gasteiger partial charge is 0.338 e. The van der Waals surface area contributed by atoms with E-state index in [-0.39, 0.29) is 0 Å². The fourth-order valence-electron chi connectivity index (χ4n) is 3.36. The molecule has 0 fully saturated rings. The van der Waals surface area contributed by atoms with E-state index in [9.17, 15) is 9.90 Å². The quantitative estimate of drug-likeness (QED) is 0.700. The minimum Gasteiger partial charge on any atom is -0.478 e. The first-order valence-electron chi connectivity index (χ1n) is 8.96. The Hall–Kier alpha value is -2.88. The molecule has 0 saturated carbocycles. The van der Waals surface area contributed by atoms with Gasteiger partial charge in [-0.05, 0) is 51.0 Å². The van der Waals surface area contributed by atoms with Crippen molar-refractivity contribution >= 4 is 22.6 Å². The van der Waals surface area contributed by atoms with Gasteiger partial charge in [0.2, 0.25) is 0 Å². The molecule has 3 rings (SSSR count). The summed E-state index contributed by atoms with van der Waals surface area (Å²) < 4.78 is 0. The van der Waals surface area contributed by atoms with Crippen molar-refractivity contribution in [3.05, 3.63) is 59.2 Å². The molecule has 0 aliphatic rings. The van der Waals surface area contributed by atoms with E-state index in [4.69, 9.17) is 4.98 Å². The average molecular weight is 348 g/mol. The van der Waals surface area contributed by atoms with Crippen molar-refractivity contribution in [3.8, 4) is 11.3 Å². The average Bonchev–Trinajstić information content (AvgIpc) is 2.64. The predicted molar refractivity (Wildman–Crippen MR) is 107 cm³/mol. The molecule has 26 heavy (non-hydrogen) atoms. The first-order chi connectivity index (χ1) is 12.5. The van der Waals surface area contributed by atoms with Gasteiger partial charge in [-0.25, -0.2) is 9.78 Å². The molecule has 0 radical (unpaired) electrons. The van der Waals surface area contributed by atoms with E-state index >= 15 is 0 Å². The van der Waals surface area contributed by atoms with Crippen LogP contribution in [0, 0.1) is 13.8 Å². The van der Waals surface area contributed by atoms with Gasteiger partial charge in [0, 0.05) is 24.0 Å². The van der Waals surface area contributed by atoms with Crippen LogP contribution in [0.2, 0.25) is 0 Å². The molecule has 4 heteroatoms. The Balaban J connectivity index is 2.45. The highest BCUT2D eigenvalue weighted by Crippen LogP contribution is 2.37. The molecule has 0 saturated heterocycles. The first kappa shape index (κ1) is 17.9. The van der Waals surface area contributed by atoms with E-state index in [1.165, 1.54) is 11.1 Å². The fraction of sp³-hybridized carbons (Fsp3) is 0.273. The number of hydrogen-bond donors (Lipinski definition) is 1. The number of benzene rings is 2. The van der Waals surface area contributed by atoms with E-state index in [2.05, 4.69) is 30.9 Å². The number of aromatic carboxylic acids is 1. The Morgan fingerprint density at radius 1 is 1.04 bits per heavy atom. The lowest BCUT2D eigenvalue weighted by Gasteiger charge is -2.26. The summed E-state index contributed by atoms with van der Waals surface area (Å²) in [4.78, 5) is 19.2. The van der Waals surface area contributed by atoms with E-state index in [1.54, 1.807) is 0 Å². The number of pyridine rings is 1. The molecule has 0 aliphatic heterocycles. The molecule has 134 valence electrons. The summed E-state index contributed by atoms with van der Waals surface area (Å²) in [6.07, 6.45) is 0. The lowest BCUT2D eigenvalue weighted by atomic mass is 9.98. The summed E-state index contributed by atoms with van der Waals surface area (Å²) in [7, 11) is 0. The highest BCUT2D eigenvalue weighted by atomic mass is 16.4. The summed E-state index contributed by atoms with van der Waals surface area (Å²) in [5.41, 5.74) is 5.78. The van der Waals surface area contributed by atoms with Crippen LogP contribution >= 0.6 is 0 Å². The fourth-order valence-corrected chi connectivity index (χ4v) is 3.36. The highest BCUT2D eigenvalue weighted by molar-refractivity contribution is 6.10. The van der Waals surface area contributed by atoms with Crippen molar-refractivity contribution in [1.82, 2.24) is 4.98 Å². The van der Waals surface area contributed by atoms with Gasteiger partial charge in [-0.15, -0.1) is 0 Å². The van der Waals surface area contributed by atoms with Crippen molar-refractivity contribution in [3.63, 3.8) is 0 Å². The van der Waals surface area contributed by atoms with Crippen molar-refractivity contribution in [1.29, 1.82) is 0 Å². The van der Waals surface area contributed by atoms with Crippen LogP contribution in [-0.2, 0) is 0 Å². The van der Waals surface area contributed by atoms with Gasteiger partial charge < -0.3 is 10.0 Å². The molecule has 0 unspecified atom stereocenters. The van der Waals surface area contributed by atoms with Crippen molar-refractivity contribution in [2.75, 3.05) is 18.0 Å². The molecule has 2 aromatic carbocycles. The Bertz CT molecular complexity index is 975. The van der Waals surface area contributed by atoms with Crippen LogP contribution < -0.4 is 4.90 Å². The number of aromatic nitrogens is 1. The molecule has 0 atom stereocenters. The number of hydrogen-bond acceptors (Lipinski definition) is 3. The van der Waals surface area contributed by atoms with E-state index in [0.29, 0.717) is 35.2 Å². The third kappa shape index (κ3) is 3.03. The molecular formula is C22H24N2O2. The summed E-state index contributed by atoms with van der Waals surface area (Å²) in [5.74, 6) is -0.921. The second-order valence-electron chi connectivity index (χ2n) is 6.48. The maximum absolute atomic E-state index is 12.2. The third-order valence-corrected chi connectivity index (χ3v) is 4.94. The van der Waals surface area contributed by atoms with E-state index in [1.807, 2.05) is 44.2 Å². The highest BCUT2D eigenvalue weighted by Gasteiger charge is 2.24. The number of carboxylic acid groups (broad SMARTS) is 1. The van der Waals surface area contributed by atoms with Gasteiger partial charge in [-0.3, -0.25) is 0 Å². The Kier molecular flexibility index (Phi) is 4.94. The van der Waals surface area contributed by atoms with Crippen LogP contribution in [-0.4, -0.2) is 29.1 Å². The largest absolute Gasteiger partial charge is 0.478 e. The number of fused-ring (bicyclic) bond motifs is 1. The summed E-state index contributed by atoms with van der Waals surface area (Å²) in [6.45, 7) is 9.64. The van der Waals surface area contributed by atoms with Crippen molar-refractivity contribution in [2.45, 2.75) is 27.7 Å². The second kappa shape index (κ2) is 7.16. The minimum absolute atomic E-state index is 0.326. The molecule has 3 aromatic rings. The van der Waals surface area contributed by atoms with Gasteiger partial charge in [0.05, 0.1) is 22.5 Å². The molecule has 0 amide bonds. The van der Waals surface area contributed by atoms with Gasteiger partial charge in [0.1, 0.15) is 0 Å². The Labute approximate surface area is 154 Å². The van der Waals surface area contributed by atoms with Gasteiger partial charge in [0.15, 0.2) is 0 Å². The van der Waals surface area contributed by atoms with E-state index < -0.39 is 5.97 Å². The number of rotatable bonds is 5. The molecule has 1 heterocycles. The van der Waals surface area contributed by atoms with Crippen LogP contribution in [0.1, 0.15) is 35.3 Å². The number of para-hydroxylation sites is 1. The van der Waals surface area contributed by atoms with Crippen molar-refractivity contribution < 1.29 is 9.90 Å². The molecule has 1 aromatic heterocycles. The van der Waals surface area contributed by atoms with Crippen LogP contribution in [0.15, 0.2) is 42.5 Å². The standard InChI is InChI=1S/C22H24N2O2/c1-5-24(6-2)21-19(22(25)26)17-9-7-8-10-18(17)23-20(21)16-12-11-14(3)15(4)13-16/h7-13H,5-6H2,1-4H3,(H,25,26). The number of aryl methyl sites for hydroxylation is 2. The zero-order valence-electron chi connectivity index (χ0n) is 15.7. The van der Waals surface area contributed by atoms with Crippen molar-refractivity contribution in [2.24, 2.45) is 0 Å². The Morgan fingerprint density at radius 3 is 2.35 bits per heavy atom. The van der Waals surface area contributed by atoms with E-state index in [0.717, 1.165) is 11.3 Å². The molecule has 0 spiro atoms. The van der Waals surface area contributed by atoms with Gasteiger partial charge >= 0.3 is 5.97 Å². The normalized spacial score (nSPS) is 10.9. The summed E-state index contributed by atoms with van der Waals surface area (Å²) >= 11 is 0. The topological polar surface area (TPSA) is 53.4 Å². The number of carboxylic acids is 1. The zero-order chi connectivity index (χ0) is 18.8. The first-order valence-corrected chi connectivity index (χ1v) is 8.96. The molecule has 0 aliphatic carbocycles. The second-order valence-corrected chi connectivity index (χ2v) is 6.48. The molecular weight excluding hydrogens is 324 g/mol. The predicted octanol–water partition coefficient (Wildman–Crippen LogP) is 5.06. The number of carbonyl (C=O) groups is 1. The van der Waals surface area contributed by atoms with Crippen LogP contribution in [0.4, 0.5) is 5.69 Å². The zero-order valence-corrected chi connectivity index (χ0v) is 15.7. The lowest BCUT2D eigenvalue weighted by molar-refractivity contribution is 0.0699. The number of anilines is 1. The van der Waals surface area contributed by atoms with Crippen LogP contribution in [0.3, 0.4) is 0 Å². The van der Waals surface area contributed by atoms with Crippen LogP contribution in [0.5, 0.6) is 0 Å². The third-order valence-electron chi connectivity index (χ3n) is 4.94. The maximum atomic E-state index is 12.2. The van der Waals surface area contributed by atoms with Crippen LogP contribution in [0.25, 0.3) is 22.2 Å². The van der Waals surface area contributed by atoms with Gasteiger partial charge in [-0.1, -0.05) is 30.3 Å². The Morgan fingerprint density at radius 2 is 1.73 bits per heavy atom. The monoisotopic (exact) mass is 348 g/mol. The van der Waals surface area contributed by atoms with Gasteiger partial charge in [0.25, 0.3) is 0 Å². The molecule has 4 nitrogen and oxygen atoms in total. The summed E-state index contributed by atoms with van der Waals surface area (Å²) in [5, 5.41) is 10.7. The lowest BCUT2D eigenvalue weighted by Crippen LogP contribution is -2.25. The SMILES string of the molecule is CCN(CC)c1c(-c2ccc(C)c(C)c2)nc2ccccc2c1C(=O)O. The van der Waals surface area contributed by atoms with Gasteiger partial charge in [-0.2, -0.15) is 0 Å².